The molecule has 0 spiro atoms. The van der Waals surface area contributed by atoms with E-state index in [4.69, 9.17) is 0 Å². The van der Waals surface area contributed by atoms with Crippen molar-refractivity contribution in [2.24, 2.45) is 11.8 Å². The van der Waals surface area contributed by atoms with E-state index in [0.29, 0.717) is 5.92 Å². The summed E-state index contributed by atoms with van der Waals surface area (Å²) >= 11 is 0. The van der Waals surface area contributed by atoms with Gasteiger partial charge >= 0.3 is 0 Å². The van der Waals surface area contributed by atoms with E-state index in [1.165, 1.54) is 12.8 Å². The summed E-state index contributed by atoms with van der Waals surface area (Å²) in [6.45, 7) is 15.2. The van der Waals surface area contributed by atoms with Gasteiger partial charge in [0.05, 0.1) is 0 Å². The van der Waals surface area contributed by atoms with Crippen molar-refractivity contribution >= 4 is 5.91 Å². The summed E-state index contributed by atoms with van der Waals surface area (Å²) in [5.74, 6) is 1.08. The fourth-order valence-electron chi connectivity index (χ4n) is 3.06. The minimum Gasteiger partial charge on any atom is -0.354 e. The molecule has 1 aliphatic carbocycles. The van der Waals surface area contributed by atoms with E-state index in [0.717, 1.165) is 39.3 Å². The van der Waals surface area contributed by atoms with Gasteiger partial charge in [0, 0.05) is 44.2 Å². The van der Waals surface area contributed by atoms with Crippen molar-refractivity contribution in [3.63, 3.8) is 0 Å². The van der Waals surface area contributed by atoms with Crippen LogP contribution in [0.15, 0.2) is 0 Å². The minimum absolute atomic E-state index is 0.0543. The maximum absolute atomic E-state index is 12.1. The Labute approximate surface area is 123 Å². The normalized spacial score (nSPS) is 23.6. The molecule has 0 bridgehead atoms. The summed E-state index contributed by atoms with van der Waals surface area (Å²) in [6, 6.07) is 0. The topological polar surface area (TPSA) is 35.6 Å². The zero-order valence-corrected chi connectivity index (χ0v) is 13.6. The van der Waals surface area contributed by atoms with Crippen LogP contribution >= 0.6 is 0 Å². The molecule has 0 radical (unpaired) electrons. The Hall–Kier alpha value is -0.610. The van der Waals surface area contributed by atoms with Gasteiger partial charge in [-0.05, 0) is 39.2 Å². The Balaban J connectivity index is 1.76. The lowest BCUT2D eigenvalue weighted by Crippen LogP contribution is -2.58. The number of amides is 1. The molecule has 1 unspecified atom stereocenters. The number of likely N-dealkylation sites (N-methyl/N-ethyl adjacent to an activating group) is 1. The lowest BCUT2D eigenvalue weighted by molar-refractivity contribution is -0.125. The molecule has 2 fully saturated rings. The fraction of sp³-hybridized carbons (Fsp3) is 0.938. The monoisotopic (exact) mass is 281 g/mol. The summed E-state index contributed by atoms with van der Waals surface area (Å²) < 4.78 is 0. The Bertz CT molecular complexity index is 331. The molecular weight excluding hydrogens is 250 g/mol. The number of piperazine rings is 1. The Morgan fingerprint density at radius 2 is 1.85 bits per heavy atom. The van der Waals surface area contributed by atoms with Gasteiger partial charge in [0.15, 0.2) is 0 Å². The molecule has 20 heavy (non-hydrogen) atoms. The molecule has 0 aromatic rings. The van der Waals surface area contributed by atoms with Crippen molar-refractivity contribution in [1.82, 2.24) is 15.1 Å². The number of carbonyl (C=O) groups is 1. The van der Waals surface area contributed by atoms with Crippen LogP contribution in [0.1, 0.15) is 40.5 Å². The van der Waals surface area contributed by atoms with E-state index >= 15 is 0 Å². The van der Waals surface area contributed by atoms with Crippen molar-refractivity contribution in [1.29, 1.82) is 0 Å². The van der Waals surface area contributed by atoms with Gasteiger partial charge in [-0.1, -0.05) is 13.8 Å². The molecule has 1 aliphatic heterocycles. The first-order chi connectivity index (χ1) is 9.44. The molecule has 1 saturated carbocycles. The van der Waals surface area contributed by atoms with Gasteiger partial charge in [0.1, 0.15) is 0 Å². The quantitative estimate of drug-likeness (QED) is 0.802. The molecule has 4 nitrogen and oxygen atoms in total. The molecular formula is C16H31N3O. The first kappa shape index (κ1) is 15.8. The van der Waals surface area contributed by atoms with Crippen molar-refractivity contribution in [3.05, 3.63) is 0 Å². The van der Waals surface area contributed by atoms with Crippen molar-refractivity contribution in [2.75, 3.05) is 39.3 Å². The highest BCUT2D eigenvalue weighted by Crippen LogP contribution is 2.36. The van der Waals surface area contributed by atoms with E-state index in [1.54, 1.807) is 0 Å². The van der Waals surface area contributed by atoms with E-state index in [9.17, 15) is 4.79 Å². The average Bonchev–Trinajstić information content (AvgIpc) is 3.28. The van der Waals surface area contributed by atoms with Gasteiger partial charge in [-0.2, -0.15) is 0 Å². The number of nitrogens with zero attached hydrogens (tertiary/aromatic N) is 2. The van der Waals surface area contributed by atoms with Gasteiger partial charge in [0.2, 0.25) is 5.91 Å². The molecule has 0 aromatic heterocycles. The highest BCUT2D eigenvalue weighted by atomic mass is 16.1. The second-order valence-electron chi connectivity index (χ2n) is 7.08. The number of hydrogen-bond acceptors (Lipinski definition) is 3. The third-order valence-electron chi connectivity index (χ3n) is 5.11. The predicted octanol–water partition coefficient (Wildman–Crippen LogP) is 1.56. The molecule has 1 amide bonds. The van der Waals surface area contributed by atoms with E-state index < -0.39 is 0 Å². The maximum Gasteiger partial charge on any atom is 0.223 e. The van der Waals surface area contributed by atoms with Crippen LogP contribution in [0, 0.1) is 11.8 Å². The van der Waals surface area contributed by atoms with Crippen molar-refractivity contribution < 1.29 is 4.79 Å². The van der Waals surface area contributed by atoms with Crippen LogP contribution in [0.25, 0.3) is 0 Å². The van der Waals surface area contributed by atoms with Crippen LogP contribution in [-0.2, 0) is 4.79 Å². The average molecular weight is 281 g/mol. The maximum atomic E-state index is 12.1. The van der Waals surface area contributed by atoms with Gasteiger partial charge in [-0.3, -0.25) is 9.69 Å². The summed E-state index contributed by atoms with van der Waals surface area (Å²) in [7, 11) is 0. The number of rotatable bonds is 6. The van der Waals surface area contributed by atoms with Gasteiger partial charge < -0.3 is 10.2 Å². The van der Waals surface area contributed by atoms with Crippen LogP contribution in [0.2, 0.25) is 0 Å². The van der Waals surface area contributed by atoms with Crippen molar-refractivity contribution in [3.8, 4) is 0 Å². The van der Waals surface area contributed by atoms with E-state index in [-0.39, 0.29) is 17.4 Å². The third-order valence-corrected chi connectivity index (χ3v) is 5.11. The molecule has 1 N–H and O–H groups in total. The molecule has 2 aliphatic rings. The third kappa shape index (κ3) is 3.95. The van der Waals surface area contributed by atoms with Crippen LogP contribution in [0.3, 0.4) is 0 Å². The fourth-order valence-corrected chi connectivity index (χ4v) is 3.06. The van der Waals surface area contributed by atoms with Crippen LogP contribution in [0.5, 0.6) is 0 Å². The van der Waals surface area contributed by atoms with E-state index in [2.05, 4.69) is 42.8 Å². The Kier molecular flexibility index (Phi) is 5.08. The molecule has 1 heterocycles. The number of carbonyl (C=O) groups excluding carboxylic acids is 1. The van der Waals surface area contributed by atoms with Gasteiger partial charge in [-0.15, -0.1) is 0 Å². The summed E-state index contributed by atoms with van der Waals surface area (Å²) in [5.41, 5.74) is 0.0543. The highest BCUT2D eigenvalue weighted by molar-refractivity contribution is 5.78. The lowest BCUT2D eigenvalue weighted by atomic mass is 10.00. The van der Waals surface area contributed by atoms with E-state index in [1.807, 2.05) is 0 Å². The zero-order chi connectivity index (χ0) is 14.8. The highest BCUT2D eigenvalue weighted by Gasteiger charge is 2.34. The molecule has 1 atom stereocenters. The standard InChI is InChI=1S/C16H31N3O/c1-5-18-8-10-19(11-9-18)16(3,4)12-17-15(20)13(2)14-6-7-14/h13-14H,5-12H2,1-4H3,(H,17,20). The molecule has 116 valence electrons. The summed E-state index contributed by atoms with van der Waals surface area (Å²) in [5, 5.41) is 3.17. The predicted molar refractivity (Wildman–Crippen MR) is 82.7 cm³/mol. The summed E-state index contributed by atoms with van der Waals surface area (Å²) in [4.78, 5) is 17.1. The number of hydrogen-bond donors (Lipinski definition) is 1. The van der Waals surface area contributed by atoms with Crippen molar-refractivity contribution in [2.45, 2.75) is 46.1 Å². The SMILES string of the molecule is CCN1CCN(C(C)(C)CNC(=O)C(C)C2CC2)CC1. The Morgan fingerprint density at radius 3 is 2.35 bits per heavy atom. The number of nitrogens with one attached hydrogen (secondary N) is 1. The van der Waals surface area contributed by atoms with Gasteiger partial charge in [0.25, 0.3) is 0 Å². The molecule has 0 aromatic carbocycles. The smallest absolute Gasteiger partial charge is 0.223 e. The first-order valence-corrected chi connectivity index (χ1v) is 8.19. The van der Waals surface area contributed by atoms with Crippen LogP contribution in [0.4, 0.5) is 0 Å². The molecule has 4 heteroatoms. The lowest BCUT2D eigenvalue weighted by Gasteiger charge is -2.44. The first-order valence-electron chi connectivity index (χ1n) is 8.19. The largest absolute Gasteiger partial charge is 0.354 e. The minimum atomic E-state index is 0.0543. The van der Waals surface area contributed by atoms with Gasteiger partial charge in [-0.25, -0.2) is 0 Å². The molecule has 1 saturated heterocycles. The Morgan fingerprint density at radius 1 is 1.25 bits per heavy atom. The molecule has 2 rings (SSSR count). The second kappa shape index (κ2) is 6.44. The van der Waals surface area contributed by atoms with Crippen LogP contribution < -0.4 is 5.32 Å². The zero-order valence-electron chi connectivity index (χ0n) is 13.6. The second-order valence-corrected chi connectivity index (χ2v) is 7.08. The summed E-state index contributed by atoms with van der Waals surface area (Å²) in [6.07, 6.45) is 2.47. The van der Waals surface area contributed by atoms with Crippen LogP contribution in [-0.4, -0.2) is 60.5 Å².